The highest BCUT2D eigenvalue weighted by Crippen LogP contribution is 2.32. The third-order valence-corrected chi connectivity index (χ3v) is 5.58. The lowest BCUT2D eigenvalue weighted by Crippen LogP contribution is -2.26. The Hall–Kier alpha value is -3.57. The number of ether oxygens (including phenoxy) is 1. The summed E-state index contributed by atoms with van der Waals surface area (Å²) in [5, 5.41) is 7.38. The third-order valence-electron chi connectivity index (χ3n) is 5.58. The molecule has 1 heterocycles. The molecule has 0 spiro atoms. The quantitative estimate of drug-likeness (QED) is 0.357. The first kappa shape index (κ1) is 21.7. The van der Waals surface area contributed by atoms with Gasteiger partial charge in [0, 0.05) is 11.9 Å². The first-order chi connectivity index (χ1) is 15.7. The zero-order valence-corrected chi connectivity index (χ0v) is 18.4. The molecule has 0 aliphatic carbocycles. The molecule has 0 fully saturated rings. The predicted molar refractivity (Wildman–Crippen MR) is 127 cm³/mol. The zero-order chi connectivity index (χ0) is 22.3. The lowest BCUT2D eigenvalue weighted by Gasteiger charge is -2.12. The van der Waals surface area contributed by atoms with Crippen LogP contribution in [0, 0.1) is 0 Å². The van der Waals surface area contributed by atoms with Crippen molar-refractivity contribution in [1.82, 2.24) is 10.6 Å². The molecule has 0 aliphatic heterocycles. The van der Waals surface area contributed by atoms with E-state index in [2.05, 4.69) is 34.9 Å². The summed E-state index contributed by atoms with van der Waals surface area (Å²) in [4.78, 5) is 12.9. The Morgan fingerprint density at radius 1 is 1.00 bits per heavy atom. The molecule has 0 aliphatic rings. The van der Waals surface area contributed by atoms with Crippen LogP contribution in [-0.4, -0.2) is 19.6 Å². The number of benzene rings is 3. The Morgan fingerprint density at radius 2 is 1.72 bits per heavy atom. The van der Waals surface area contributed by atoms with Crippen molar-refractivity contribution in [2.45, 2.75) is 25.9 Å². The smallest absolute Gasteiger partial charge is 0.287 e. The van der Waals surface area contributed by atoms with E-state index < -0.39 is 0 Å². The molecule has 0 unspecified atom stereocenters. The molecule has 0 bridgehead atoms. The van der Waals surface area contributed by atoms with Crippen molar-refractivity contribution in [3.8, 4) is 5.75 Å². The number of nitrogens with one attached hydrogen (secondary N) is 2. The highest BCUT2D eigenvalue weighted by Gasteiger charge is 2.19. The Kier molecular flexibility index (Phi) is 6.87. The fourth-order valence-electron chi connectivity index (χ4n) is 3.77. The number of fused-ring (bicyclic) bond motifs is 1. The molecular weight excluding hydrogens is 400 g/mol. The minimum absolute atomic E-state index is 0.127. The van der Waals surface area contributed by atoms with Crippen molar-refractivity contribution in [2.24, 2.45) is 0 Å². The molecule has 1 aromatic heterocycles. The first-order valence-electron chi connectivity index (χ1n) is 10.9. The number of methoxy groups -OCH3 is 1. The maximum atomic E-state index is 12.9. The first-order valence-corrected chi connectivity index (χ1v) is 10.9. The van der Waals surface area contributed by atoms with Crippen molar-refractivity contribution in [3.05, 3.63) is 101 Å². The zero-order valence-electron chi connectivity index (χ0n) is 18.4. The second kappa shape index (κ2) is 10.2. The summed E-state index contributed by atoms with van der Waals surface area (Å²) in [6.45, 7) is 3.49. The molecule has 0 saturated carbocycles. The largest absolute Gasteiger partial charge is 0.493 e. The fraction of sp³-hybridized carbons (Fsp3) is 0.222. The third kappa shape index (κ3) is 5.01. The van der Waals surface area contributed by atoms with Gasteiger partial charge in [-0.2, -0.15) is 0 Å². The molecule has 0 saturated heterocycles. The molecule has 4 rings (SSSR count). The van der Waals surface area contributed by atoms with Crippen LogP contribution in [0.1, 0.15) is 40.2 Å². The van der Waals surface area contributed by atoms with Crippen LogP contribution in [0.15, 0.2) is 83.3 Å². The van der Waals surface area contributed by atoms with Crippen LogP contribution in [-0.2, 0) is 13.0 Å². The molecule has 164 valence electrons. The molecule has 5 heteroatoms. The van der Waals surface area contributed by atoms with E-state index in [1.165, 1.54) is 5.56 Å². The van der Waals surface area contributed by atoms with Gasteiger partial charge in [-0.3, -0.25) is 4.79 Å². The van der Waals surface area contributed by atoms with Crippen molar-refractivity contribution in [1.29, 1.82) is 0 Å². The van der Waals surface area contributed by atoms with Gasteiger partial charge in [-0.05, 0) is 48.7 Å². The number of amides is 1. The molecule has 3 aromatic carbocycles. The van der Waals surface area contributed by atoms with Crippen LogP contribution in [0.5, 0.6) is 5.75 Å². The van der Waals surface area contributed by atoms with Crippen LogP contribution in [0.2, 0.25) is 0 Å². The molecule has 2 N–H and O–H groups in total. The van der Waals surface area contributed by atoms with Crippen molar-refractivity contribution >= 4 is 16.9 Å². The van der Waals surface area contributed by atoms with Gasteiger partial charge in [0.25, 0.3) is 5.91 Å². The van der Waals surface area contributed by atoms with Crippen LogP contribution in [0.3, 0.4) is 0 Å². The van der Waals surface area contributed by atoms with Gasteiger partial charge in [-0.15, -0.1) is 0 Å². The van der Waals surface area contributed by atoms with Crippen molar-refractivity contribution in [3.63, 3.8) is 0 Å². The predicted octanol–water partition coefficient (Wildman–Crippen LogP) is 5.26. The van der Waals surface area contributed by atoms with Gasteiger partial charge in [0.05, 0.1) is 13.2 Å². The molecule has 1 atom stereocenters. The summed E-state index contributed by atoms with van der Waals surface area (Å²) in [7, 11) is 1.60. The molecule has 0 radical (unpaired) electrons. The van der Waals surface area contributed by atoms with E-state index in [4.69, 9.17) is 9.15 Å². The Morgan fingerprint density at radius 3 is 2.44 bits per heavy atom. The number of hydrogen-bond donors (Lipinski definition) is 2. The van der Waals surface area contributed by atoms with Gasteiger partial charge in [0.1, 0.15) is 0 Å². The topological polar surface area (TPSA) is 63.5 Å². The van der Waals surface area contributed by atoms with Crippen LogP contribution in [0.25, 0.3) is 11.0 Å². The number of rotatable bonds is 9. The average Bonchev–Trinajstić information content (AvgIpc) is 3.29. The maximum Gasteiger partial charge on any atom is 0.287 e. The van der Waals surface area contributed by atoms with Gasteiger partial charge in [-0.1, -0.05) is 66.7 Å². The summed E-state index contributed by atoms with van der Waals surface area (Å²) < 4.78 is 11.4. The number of hydrogen-bond acceptors (Lipinski definition) is 4. The normalized spacial score (nSPS) is 11.9. The van der Waals surface area contributed by atoms with E-state index >= 15 is 0 Å². The van der Waals surface area contributed by atoms with Gasteiger partial charge in [0.2, 0.25) is 0 Å². The van der Waals surface area contributed by atoms with Gasteiger partial charge in [0.15, 0.2) is 17.1 Å². The SMILES string of the molecule is COc1ccc(CNCCc2ccccc2)c2cc(C(=O)N[C@@H](C)c3ccccc3)oc12. The Labute approximate surface area is 188 Å². The average molecular weight is 429 g/mol. The molecule has 1 amide bonds. The Balaban J connectivity index is 1.48. The monoisotopic (exact) mass is 428 g/mol. The van der Waals surface area contributed by atoms with E-state index in [9.17, 15) is 4.79 Å². The van der Waals surface area contributed by atoms with Gasteiger partial charge in [-0.25, -0.2) is 0 Å². The van der Waals surface area contributed by atoms with Gasteiger partial charge >= 0.3 is 0 Å². The highest BCUT2D eigenvalue weighted by molar-refractivity contribution is 5.98. The van der Waals surface area contributed by atoms with E-state index in [-0.39, 0.29) is 17.7 Å². The van der Waals surface area contributed by atoms with Crippen LogP contribution < -0.4 is 15.4 Å². The Bertz CT molecular complexity index is 1170. The standard InChI is InChI=1S/C27H28N2O3/c1-19(21-11-7-4-8-12-21)29-27(30)25-17-23-22(13-14-24(31-2)26(23)32-25)18-28-16-15-20-9-5-3-6-10-20/h3-14,17,19,28H,15-16,18H2,1-2H3,(H,29,30)/t19-/m0/s1. The summed E-state index contributed by atoms with van der Waals surface area (Å²) in [6, 6.07) is 25.8. The summed E-state index contributed by atoms with van der Waals surface area (Å²) in [5.41, 5.74) is 3.99. The minimum Gasteiger partial charge on any atom is -0.493 e. The van der Waals surface area contributed by atoms with Gasteiger partial charge < -0.3 is 19.8 Å². The second-order valence-corrected chi connectivity index (χ2v) is 7.80. The lowest BCUT2D eigenvalue weighted by molar-refractivity contribution is 0.0914. The van der Waals surface area contributed by atoms with Crippen molar-refractivity contribution < 1.29 is 13.9 Å². The molecular formula is C27H28N2O3. The van der Waals surface area contributed by atoms with Crippen LogP contribution in [0.4, 0.5) is 0 Å². The minimum atomic E-state index is -0.248. The summed E-state index contributed by atoms with van der Waals surface area (Å²) >= 11 is 0. The molecule has 5 nitrogen and oxygen atoms in total. The van der Waals surface area contributed by atoms with E-state index in [1.54, 1.807) is 13.2 Å². The molecule has 4 aromatic rings. The highest BCUT2D eigenvalue weighted by atomic mass is 16.5. The second-order valence-electron chi connectivity index (χ2n) is 7.80. The lowest BCUT2D eigenvalue weighted by atomic mass is 10.1. The number of carbonyl (C=O) groups excluding carboxylic acids is 1. The summed E-state index contributed by atoms with van der Waals surface area (Å²) in [6.07, 6.45) is 0.955. The van der Waals surface area contributed by atoms with E-state index in [1.807, 2.05) is 55.5 Å². The van der Waals surface area contributed by atoms with E-state index in [0.717, 1.165) is 29.5 Å². The fourth-order valence-corrected chi connectivity index (χ4v) is 3.77. The number of furan rings is 1. The number of carbonyl (C=O) groups is 1. The maximum absolute atomic E-state index is 12.9. The summed E-state index contributed by atoms with van der Waals surface area (Å²) in [5.74, 6) is 0.642. The van der Waals surface area contributed by atoms with E-state index in [0.29, 0.717) is 17.9 Å². The molecule has 32 heavy (non-hydrogen) atoms. The van der Waals surface area contributed by atoms with Crippen LogP contribution >= 0.6 is 0 Å². The van der Waals surface area contributed by atoms with Crippen molar-refractivity contribution in [2.75, 3.05) is 13.7 Å².